The molecule has 5 nitrogen and oxygen atoms in total. The van der Waals surface area contributed by atoms with E-state index in [1.807, 2.05) is 92.3 Å². The van der Waals surface area contributed by atoms with Crippen LogP contribution >= 0.6 is 12.2 Å². The topological polar surface area (TPSA) is 44.8 Å². The zero-order valence-corrected chi connectivity index (χ0v) is 17.4. The Kier molecular flexibility index (Phi) is 5.99. The van der Waals surface area contributed by atoms with Crippen molar-refractivity contribution in [1.29, 1.82) is 0 Å². The van der Waals surface area contributed by atoms with E-state index in [0.717, 1.165) is 22.6 Å². The summed E-state index contributed by atoms with van der Waals surface area (Å²) in [7, 11) is 3.99. The number of thiocarbonyl (C=S) groups is 1. The van der Waals surface area contributed by atoms with Gasteiger partial charge in [0.2, 0.25) is 0 Å². The van der Waals surface area contributed by atoms with Crippen LogP contribution in [0.15, 0.2) is 65.9 Å². The summed E-state index contributed by atoms with van der Waals surface area (Å²) < 4.78 is 5.37. The zero-order valence-electron chi connectivity index (χ0n) is 16.6. The molecule has 0 fully saturated rings. The summed E-state index contributed by atoms with van der Waals surface area (Å²) >= 11 is 5.66. The molecule has 0 unspecified atom stereocenters. The zero-order chi connectivity index (χ0) is 20.3. The Morgan fingerprint density at radius 1 is 1.14 bits per heavy atom. The Morgan fingerprint density at radius 3 is 2.36 bits per heavy atom. The van der Waals surface area contributed by atoms with Crippen molar-refractivity contribution < 1.29 is 9.53 Å². The van der Waals surface area contributed by atoms with Gasteiger partial charge in [-0.2, -0.15) is 0 Å². The van der Waals surface area contributed by atoms with Gasteiger partial charge in [-0.1, -0.05) is 30.3 Å². The van der Waals surface area contributed by atoms with E-state index < -0.39 is 0 Å². The van der Waals surface area contributed by atoms with Crippen molar-refractivity contribution in [3.8, 4) is 0 Å². The van der Waals surface area contributed by atoms with Crippen LogP contribution in [0.1, 0.15) is 25.5 Å². The third kappa shape index (κ3) is 3.87. The molecule has 1 aliphatic rings. The van der Waals surface area contributed by atoms with Crippen molar-refractivity contribution in [3.63, 3.8) is 0 Å². The number of allylic oxidation sites excluding steroid dienone is 1. The number of nitrogens with zero attached hydrogens (tertiary/aromatic N) is 2. The third-order valence-electron chi connectivity index (χ3n) is 4.74. The fourth-order valence-corrected chi connectivity index (χ4v) is 3.68. The molecule has 6 heteroatoms. The van der Waals surface area contributed by atoms with Gasteiger partial charge in [-0.15, -0.1) is 0 Å². The highest BCUT2D eigenvalue weighted by molar-refractivity contribution is 7.80. The average molecular weight is 396 g/mol. The maximum atomic E-state index is 12.9. The van der Waals surface area contributed by atoms with E-state index in [9.17, 15) is 4.79 Å². The number of carbonyl (C=O) groups excluding carboxylic acids is 1. The van der Waals surface area contributed by atoms with E-state index in [1.165, 1.54) is 0 Å². The SMILES string of the molecule is CCOC(=O)C1=C(C)N(c2ccccc2)C(=S)N[C@@H]1c1ccc(N(C)C)cc1. The second kappa shape index (κ2) is 8.44. The van der Waals surface area contributed by atoms with Gasteiger partial charge in [0.15, 0.2) is 5.11 Å². The van der Waals surface area contributed by atoms with E-state index in [2.05, 4.69) is 5.32 Å². The van der Waals surface area contributed by atoms with Gasteiger partial charge in [0.1, 0.15) is 0 Å². The lowest BCUT2D eigenvalue weighted by Gasteiger charge is -2.37. The number of ether oxygens (including phenoxy) is 1. The summed E-state index contributed by atoms with van der Waals surface area (Å²) in [5, 5.41) is 3.89. The molecule has 3 rings (SSSR count). The van der Waals surface area contributed by atoms with Gasteiger partial charge in [0.05, 0.1) is 18.2 Å². The van der Waals surface area contributed by atoms with E-state index in [0.29, 0.717) is 17.3 Å². The van der Waals surface area contributed by atoms with Crippen LogP contribution in [-0.4, -0.2) is 31.8 Å². The van der Waals surface area contributed by atoms with Gasteiger partial charge < -0.3 is 15.0 Å². The quantitative estimate of drug-likeness (QED) is 0.609. The van der Waals surface area contributed by atoms with Crippen molar-refractivity contribution in [2.45, 2.75) is 19.9 Å². The van der Waals surface area contributed by atoms with Gasteiger partial charge in [-0.3, -0.25) is 4.90 Å². The lowest BCUT2D eigenvalue weighted by molar-refractivity contribution is -0.139. The van der Waals surface area contributed by atoms with Crippen LogP contribution in [0.4, 0.5) is 11.4 Å². The highest BCUT2D eigenvalue weighted by Crippen LogP contribution is 2.34. The lowest BCUT2D eigenvalue weighted by atomic mass is 9.94. The minimum atomic E-state index is -0.359. The third-order valence-corrected chi connectivity index (χ3v) is 5.04. The summed E-state index contributed by atoms with van der Waals surface area (Å²) in [5.74, 6) is -0.336. The molecule has 1 N–H and O–H groups in total. The molecule has 0 radical (unpaired) electrons. The number of para-hydroxylation sites is 1. The number of anilines is 2. The molecular formula is C22H25N3O2S. The van der Waals surface area contributed by atoms with Gasteiger partial charge in [0, 0.05) is 31.2 Å². The van der Waals surface area contributed by atoms with Crippen LogP contribution in [0.3, 0.4) is 0 Å². The standard InChI is InChI=1S/C22H25N3O2S/c1-5-27-21(26)19-15(2)25(18-9-7-6-8-10-18)22(28)23-20(19)16-11-13-17(14-12-16)24(3)4/h6-14,20H,5H2,1-4H3,(H,23,28)/t20-/m1/s1. The molecule has 0 aliphatic carbocycles. The second-order valence-electron chi connectivity index (χ2n) is 6.76. The van der Waals surface area contributed by atoms with Crippen molar-refractivity contribution >= 4 is 34.7 Å². The Hall–Kier alpha value is -2.86. The lowest BCUT2D eigenvalue weighted by Crippen LogP contribution is -2.48. The first kappa shape index (κ1) is 19.9. The first-order valence-corrected chi connectivity index (χ1v) is 9.65. The Bertz CT molecular complexity index is 892. The summed E-state index contributed by atoms with van der Waals surface area (Å²) in [6, 6.07) is 17.5. The average Bonchev–Trinajstić information content (AvgIpc) is 2.68. The fraction of sp³-hybridized carbons (Fsp3) is 0.273. The Balaban J connectivity index is 2.08. The first-order valence-electron chi connectivity index (χ1n) is 9.25. The molecule has 2 aromatic carbocycles. The van der Waals surface area contributed by atoms with Gasteiger partial charge in [0.25, 0.3) is 0 Å². The maximum absolute atomic E-state index is 12.9. The minimum absolute atomic E-state index is 0.317. The smallest absolute Gasteiger partial charge is 0.338 e. The largest absolute Gasteiger partial charge is 0.463 e. The molecule has 0 saturated heterocycles. The van der Waals surface area contributed by atoms with Crippen molar-refractivity contribution in [2.24, 2.45) is 0 Å². The Labute approximate surface area is 171 Å². The van der Waals surface area contributed by atoms with Crippen LogP contribution < -0.4 is 15.1 Å². The molecule has 0 aromatic heterocycles. The number of benzene rings is 2. The van der Waals surface area contributed by atoms with Crippen LogP contribution in [-0.2, 0) is 9.53 Å². The van der Waals surface area contributed by atoms with Gasteiger partial charge >= 0.3 is 5.97 Å². The number of esters is 1. The predicted octanol–water partition coefficient (Wildman–Crippen LogP) is 4.03. The number of carbonyl (C=O) groups is 1. The molecule has 1 aliphatic heterocycles. The summed E-state index contributed by atoms with van der Waals surface area (Å²) in [6.07, 6.45) is 0. The number of hydrogen-bond acceptors (Lipinski definition) is 4. The molecule has 1 heterocycles. The highest BCUT2D eigenvalue weighted by Gasteiger charge is 2.35. The van der Waals surface area contributed by atoms with Crippen LogP contribution in [0, 0.1) is 0 Å². The molecule has 0 amide bonds. The monoisotopic (exact) mass is 395 g/mol. The van der Waals surface area contributed by atoms with Crippen molar-refractivity contribution in [1.82, 2.24) is 5.32 Å². The highest BCUT2D eigenvalue weighted by atomic mass is 32.1. The summed E-state index contributed by atoms with van der Waals surface area (Å²) in [4.78, 5) is 16.8. The van der Waals surface area contributed by atoms with Crippen molar-refractivity contribution in [2.75, 3.05) is 30.5 Å². The predicted molar refractivity (Wildman–Crippen MR) is 117 cm³/mol. The maximum Gasteiger partial charge on any atom is 0.338 e. The van der Waals surface area contributed by atoms with E-state index in [4.69, 9.17) is 17.0 Å². The van der Waals surface area contributed by atoms with Crippen molar-refractivity contribution in [3.05, 3.63) is 71.4 Å². The van der Waals surface area contributed by atoms with E-state index in [-0.39, 0.29) is 12.0 Å². The van der Waals surface area contributed by atoms with Gasteiger partial charge in [-0.05, 0) is 55.9 Å². The van der Waals surface area contributed by atoms with Crippen LogP contribution in [0.5, 0.6) is 0 Å². The molecule has 0 saturated carbocycles. The summed E-state index contributed by atoms with van der Waals surface area (Å²) in [6.45, 7) is 4.04. The molecule has 2 aromatic rings. The number of rotatable bonds is 5. The second-order valence-corrected chi connectivity index (χ2v) is 7.15. The Morgan fingerprint density at radius 2 is 1.79 bits per heavy atom. The van der Waals surface area contributed by atoms with E-state index in [1.54, 1.807) is 0 Å². The molecule has 146 valence electrons. The number of hydrogen-bond donors (Lipinski definition) is 1. The molecule has 1 atom stereocenters. The molecule has 0 spiro atoms. The number of nitrogens with one attached hydrogen (secondary N) is 1. The van der Waals surface area contributed by atoms with Crippen LogP contribution in [0.25, 0.3) is 0 Å². The van der Waals surface area contributed by atoms with E-state index >= 15 is 0 Å². The normalized spacial score (nSPS) is 16.6. The molecule has 0 bridgehead atoms. The summed E-state index contributed by atoms with van der Waals surface area (Å²) in [5.41, 5.74) is 4.29. The molecule has 28 heavy (non-hydrogen) atoms. The fourth-order valence-electron chi connectivity index (χ4n) is 3.32. The van der Waals surface area contributed by atoms with Crippen LogP contribution in [0.2, 0.25) is 0 Å². The first-order chi connectivity index (χ1) is 13.4. The molecular weight excluding hydrogens is 370 g/mol. The minimum Gasteiger partial charge on any atom is -0.463 e. The van der Waals surface area contributed by atoms with Gasteiger partial charge in [-0.25, -0.2) is 4.79 Å².